The molecule has 0 saturated heterocycles. The van der Waals surface area contributed by atoms with E-state index in [1.54, 1.807) is 24.4 Å². The zero-order chi connectivity index (χ0) is 16.8. The third-order valence-corrected chi connectivity index (χ3v) is 3.79. The largest absolute Gasteiger partial charge is 0.488 e. The van der Waals surface area contributed by atoms with Crippen LogP contribution in [0.25, 0.3) is 0 Å². The molecule has 2 nitrogen and oxygen atoms in total. The molecule has 24 heavy (non-hydrogen) atoms. The molecule has 0 fully saturated rings. The fraction of sp³-hybridized carbons (Fsp3) is 0.0500. The van der Waals surface area contributed by atoms with Crippen molar-refractivity contribution in [2.24, 2.45) is 4.99 Å². The minimum Gasteiger partial charge on any atom is -0.488 e. The van der Waals surface area contributed by atoms with Gasteiger partial charge in [0.1, 0.15) is 12.4 Å². The first-order chi connectivity index (χ1) is 11.7. The van der Waals surface area contributed by atoms with Gasteiger partial charge in [0.15, 0.2) is 0 Å². The molecule has 0 aliphatic heterocycles. The molecule has 3 aromatic carbocycles. The van der Waals surface area contributed by atoms with Gasteiger partial charge in [0.05, 0.1) is 5.69 Å². The lowest BCUT2D eigenvalue weighted by molar-refractivity contribution is 0.306. The number of para-hydroxylation sites is 1. The van der Waals surface area contributed by atoms with E-state index < -0.39 is 0 Å². The van der Waals surface area contributed by atoms with Gasteiger partial charge in [-0.1, -0.05) is 65.7 Å². The van der Waals surface area contributed by atoms with Gasteiger partial charge in [-0.2, -0.15) is 0 Å². The Morgan fingerprint density at radius 3 is 2.25 bits per heavy atom. The molecule has 0 aliphatic rings. The van der Waals surface area contributed by atoms with E-state index in [0.717, 1.165) is 16.9 Å². The molecular weight excluding hydrogens is 341 g/mol. The smallest absolute Gasteiger partial charge is 0.128 e. The Bertz CT molecular complexity index is 827. The van der Waals surface area contributed by atoms with E-state index in [1.165, 1.54) is 0 Å². The summed E-state index contributed by atoms with van der Waals surface area (Å²) in [6.45, 7) is 0.509. The molecule has 120 valence electrons. The molecule has 0 heterocycles. The first-order valence-corrected chi connectivity index (χ1v) is 8.22. The molecule has 0 spiro atoms. The molecule has 0 N–H and O–H groups in total. The van der Waals surface area contributed by atoms with E-state index in [4.69, 9.17) is 27.9 Å². The molecule has 0 atom stereocenters. The molecule has 0 bridgehead atoms. The molecule has 0 amide bonds. The van der Waals surface area contributed by atoms with E-state index in [9.17, 15) is 0 Å². The highest BCUT2D eigenvalue weighted by molar-refractivity contribution is 6.35. The number of nitrogens with zero attached hydrogens (tertiary/aromatic N) is 1. The summed E-state index contributed by atoms with van der Waals surface area (Å²) in [5, 5.41) is 1.12. The SMILES string of the molecule is Clc1cc(Cl)cc(N=Cc2ccccc2OCc2ccccc2)c1. The van der Waals surface area contributed by atoms with E-state index in [0.29, 0.717) is 22.3 Å². The predicted molar refractivity (Wildman–Crippen MR) is 101 cm³/mol. The second kappa shape index (κ2) is 8.00. The predicted octanol–water partition coefficient (Wildman–Crippen LogP) is 6.32. The van der Waals surface area contributed by atoms with E-state index in [1.807, 2.05) is 54.6 Å². The van der Waals surface area contributed by atoms with Gasteiger partial charge in [-0.3, -0.25) is 4.99 Å². The van der Waals surface area contributed by atoms with Crippen LogP contribution in [0, 0.1) is 0 Å². The van der Waals surface area contributed by atoms with Gasteiger partial charge in [-0.15, -0.1) is 0 Å². The first kappa shape index (κ1) is 16.6. The third kappa shape index (κ3) is 4.60. The highest BCUT2D eigenvalue weighted by Gasteiger charge is 2.02. The Kier molecular flexibility index (Phi) is 5.52. The Morgan fingerprint density at radius 2 is 1.50 bits per heavy atom. The van der Waals surface area contributed by atoms with E-state index >= 15 is 0 Å². The second-order valence-electron chi connectivity index (χ2n) is 5.20. The highest BCUT2D eigenvalue weighted by Crippen LogP contribution is 2.25. The summed E-state index contributed by atoms with van der Waals surface area (Å²) < 4.78 is 5.92. The minimum absolute atomic E-state index is 0.509. The van der Waals surface area contributed by atoms with Crippen molar-refractivity contribution in [3.8, 4) is 5.75 Å². The maximum absolute atomic E-state index is 6.00. The van der Waals surface area contributed by atoms with Crippen molar-refractivity contribution in [2.75, 3.05) is 0 Å². The van der Waals surface area contributed by atoms with Crippen LogP contribution in [0.1, 0.15) is 11.1 Å². The lowest BCUT2D eigenvalue weighted by Crippen LogP contribution is -1.97. The van der Waals surface area contributed by atoms with Crippen molar-refractivity contribution in [3.05, 3.63) is 94.0 Å². The molecule has 0 aromatic heterocycles. The molecule has 3 aromatic rings. The van der Waals surface area contributed by atoms with Crippen LogP contribution in [-0.4, -0.2) is 6.21 Å². The summed E-state index contributed by atoms with van der Waals surface area (Å²) in [5.74, 6) is 0.776. The van der Waals surface area contributed by atoms with Crippen molar-refractivity contribution < 1.29 is 4.74 Å². The summed E-state index contributed by atoms with van der Waals surface area (Å²) in [4.78, 5) is 4.44. The Hall–Kier alpha value is -2.29. The molecule has 4 heteroatoms. The zero-order valence-corrected chi connectivity index (χ0v) is 14.3. The first-order valence-electron chi connectivity index (χ1n) is 7.46. The summed E-state index contributed by atoms with van der Waals surface area (Å²) >= 11 is 12.0. The number of rotatable bonds is 5. The number of halogens is 2. The van der Waals surface area contributed by atoms with Crippen molar-refractivity contribution >= 4 is 35.1 Å². The van der Waals surface area contributed by atoms with Crippen LogP contribution in [0.2, 0.25) is 10.0 Å². The number of ether oxygens (including phenoxy) is 1. The maximum Gasteiger partial charge on any atom is 0.128 e. The fourth-order valence-electron chi connectivity index (χ4n) is 2.21. The normalized spacial score (nSPS) is 10.9. The monoisotopic (exact) mass is 355 g/mol. The van der Waals surface area contributed by atoms with Crippen LogP contribution >= 0.6 is 23.2 Å². The summed E-state index contributed by atoms with van der Waals surface area (Å²) in [5.41, 5.74) is 2.71. The van der Waals surface area contributed by atoms with E-state index in [-0.39, 0.29) is 0 Å². The average molecular weight is 356 g/mol. The molecule has 0 unspecified atom stereocenters. The van der Waals surface area contributed by atoms with Gasteiger partial charge in [0, 0.05) is 21.8 Å². The average Bonchev–Trinajstić information content (AvgIpc) is 2.59. The van der Waals surface area contributed by atoms with Gasteiger partial charge in [-0.25, -0.2) is 0 Å². The van der Waals surface area contributed by atoms with Crippen molar-refractivity contribution in [1.82, 2.24) is 0 Å². The second-order valence-corrected chi connectivity index (χ2v) is 6.07. The van der Waals surface area contributed by atoms with Crippen LogP contribution in [0.4, 0.5) is 5.69 Å². The maximum atomic E-state index is 6.00. The van der Waals surface area contributed by atoms with Gasteiger partial charge < -0.3 is 4.74 Å². The van der Waals surface area contributed by atoms with Crippen LogP contribution in [-0.2, 0) is 6.61 Å². The number of hydrogen-bond acceptors (Lipinski definition) is 2. The quantitative estimate of drug-likeness (QED) is 0.490. The Labute approximate surface area is 151 Å². The van der Waals surface area contributed by atoms with Gasteiger partial charge in [0.25, 0.3) is 0 Å². The van der Waals surface area contributed by atoms with Gasteiger partial charge in [0.2, 0.25) is 0 Å². The standard InChI is InChI=1S/C20H15Cl2NO/c21-17-10-18(22)12-19(11-17)23-13-16-8-4-5-9-20(16)24-14-15-6-2-1-3-7-15/h1-13H,14H2. The molecule has 0 saturated carbocycles. The van der Waals surface area contributed by atoms with Crippen LogP contribution in [0.3, 0.4) is 0 Å². The van der Waals surface area contributed by atoms with E-state index in [2.05, 4.69) is 4.99 Å². The lowest BCUT2D eigenvalue weighted by Gasteiger charge is -2.09. The van der Waals surface area contributed by atoms with Gasteiger partial charge in [-0.05, 0) is 35.9 Å². The van der Waals surface area contributed by atoms with Crippen molar-refractivity contribution in [3.63, 3.8) is 0 Å². The summed E-state index contributed by atoms with van der Waals surface area (Å²) in [7, 11) is 0. The Balaban J connectivity index is 1.77. The van der Waals surface area contributed by atoms with Crippen molar-refractivity contribution in [1.29, 1.82) is 0 Å². The molecular formula is C20H15Cl2NO. The fourth-order valence-corrected chi connectivity index (χ4v) is 2.73. The Morgan fingerprint density at radius 1 is 0.833 bits per heavy atom. The zero-order valence-electron chi connectivity index (χ0n) is 12.8. The third-order valence-electron chi connectivity index (χ3n) is 3.36. The number of benzene rings is 3. The lowest BCUT2D eigenvalue weighted by atomic mass is 10.2. The van der Waals surface area contributed by atoms with Crippen LogP contribution in [0.15, 0.2) is 77.8 Å². The summed E-state index contributed by atoms with van der Waals surface area (Å²) in [6, 6.07) is 23.0. The van der Waals surface area contributed by atoms with Gasteiger partial charge >= 0.3 is 0 Å². The minimum atomic E-state index is 0.509. The van der Waals surface area contributed by atoms with Crippen molar-refractivity contribution in [2.45, 2.75) is 6.61 Å². The molecule has 0 aliphatic carbocycles. The van der Waals surface area contributed by atoms with Crippen LogP contribution < -0.4 is 4.74 Å². The molecule has 0 radical (unpaired) electrons. The summed E-state index contributed by atoms with van der Waals surface area (Å²) in [6.07, 6.45) is 1.75. The van der Waals surface area contributed by atoms with Crippen LogP contribution in [0.5, 0.6) is 5.75 Å². The number of aliphatic imine (C=N–C) groups is 1. The topological polar surface area (TPSA) is 21.6 Å². The number of hydrogen-bond donors (Lipinski definition) is 0. The highest BCUT2D eigenvalue weighted by atomic mass is 35.5. The molecule has 3 rings (SSSR count).